The molecule has 3 heterocycles. The Hall–Kier alpha value is -3.31. The molecule has 0 saturated heterocycles. The molecule has 2 amide bonds. The number of amides is 2. The van der Waals surface area contributed by atoms with Crippen LogP contribution in [0, 0.1) is 0 Å². The Bertz CT molecular complexity index is 1210. The van der Waals surface area contributed by atoms with Crippen molar-refractivity contribution in [1.29, 1.82) is 0 Å². The van der Waals surface area contributed by atoms with E-state index in [4.69, 9.17) is 4.42 Å². The minimum atomic E-state index is -0.417. The van der Waals surface area contributed by atoms with E-state index in [2.05, 4.69) is 41.9 Å². The molecule has 0 aliphatic carbocycles. The normalized spacial score (nSPS) is 10.7. The van der Waals surface area contributed by atoms with Crippen LogP contribution in [0.4, 0.5) is 5.13 Å². The predicted molar refractivity (Wildman–Crippen MR) is 114 cm³/mol. The van der Waals surface area contributed by atoms with Crippen molar-refractivity contribution in [2.75, 3.05) is 5.32 Å². The van der Waals surface area contributed by atoms with Gasteiger partial charge in [0, 0.05) is 16.8 Å². The number of anilines is 1. The van der Waals surface area contributed by atoms with Gasteiger partial charge >= 0.3 is 0 Å². The molecule has 152 valence electrons. The first-order valence-corrected chi connectivity index (χ1v) is 10.4. The van der Waals surface area contributed by atoms with Crippen molar-refractivity contribution < 1.29 is 14.0 Å². The molecule has 0 aliphatic heterocycles. The van der Waals surface area contributed by atoms with Crippen LogP contribution in [0.5, 0.6) is 0 Å². The van der Waals surface area contributed by atoms with E-state index in [1.54, 1.807) is 23.7 Å². The molecule has 3 aromatic heterocycles. The number of carbonyl (C=O) groups excluding carboxylic acids is 2. The standard InChI is InChI=1S/C19H15BrN6O3S/c1-11(27)21-8-12-6-7-17(29-12)15-10-30-19(22-15)23-18(28)14-9-26(25-24-14)16-5-3-2-4-13(16)20/h2-7,9-10H,8H2,1H3,(H,21,27)(H,22,23,28). The molecular formula is C19H15BrN6O3S. The number of para-hydroxylation sites is 1. The molecule has 0 atom stereocenters. The zero-order valence-electron chi connectivity index (χ0n) is 15.6. The van der Waals surface area contributed by atoms with Crippen LogP contribution < -0.4 is 10.6 Å². The van der Waals surface area contributed by atoms with Crippen LogP contribution in [0.1, 0.15) is 23.2 Å². The highest BCUT2D eigenvalue weighted by Crippen LogP contribution is 2.27. The molecule has 4 aromatic rings. The van der Waals surface area contributed by atoms with Crippen molar-refractivity contribution >= 4 is 44.2 Å². The number of benzene rings is 1. The number of thiazole rings is 1. The Morgan fingerprint density at radius 3 is 2.87 bits per heavy atom. The van der Waals surface area contributed by atoms with Gasteiger partial charge in [0.1, 0.15) is 11.5 Å². The van der Waals surface area contributed by atoms with E-state index in [1.165, 1.54) is 22.9 Å². The molecule has 0 radical (unpaired) electrons. The molecule has 1 aromatic carbocycles. The second-order valence-electron chi connectivity index (χ2n) is 6.17. The summed E-state index contributed by atoms with van der Waals surface area (Å²) in [6.45, 7) is 1.74. The second kappa shape index (κ2) is 8.59. The van der Waals surface area contributed by atoms with Crippen molar-refractivity contribution in [2.45, 2.75) is 13.5 Å². The molecule has 30 heavy (non-hydrogen) atoms. The van der Waals surface area contributed by atoms with E-state index in [0.717, 1.165) is 10.2 Å². The molecular weight excluding hydrogens is 472 g/mol. The van der Waals surface area contributed by atoms with E-state index in [-0.39, 0.29) is 11.6 Å². The van der Waals surface area contributed by atoms with Gasteiger partial charge < -0.3 is 9.73 Å². The average Bonchev–Trinajstić information content (AvgIpc) is 3.47. The first kappa shape index (κ1) is 20.0. The number of hydrogen-bond donors (Lipinski definition) is 2. The highest BCUT2D eigenvalue weighted by molar-refractivity contribution is 9.10. The van der Waals surface area contributed by atoms with Gasteiger partial charge in [-0.25, -0.2) is 9.67 Å². The minimum absolute atomic E-state index is 0.136. The van der Waals surface area contributed by atoms with Crippen molar-refractivity contribution in [3.63, 3.8) is 0 Å². The van der Waals surface area contributed by atoms with Crippen LogP contribution in [-0.2, 0) is 11.3 Å². The maximum absolute atomic E-state index is 12.5. The van der Waals surface area contributed by atoms with Gasteiger partial charge in [-0.05, 0) is 40.2 Å². The predicted octanol–water partition coefficient (Wildman–Crippen LogP) is 3.63. The molecule has 0 spiro atoms. The number of rotatable bonds is 6. The summed E-state index contributed by atoms with van der Waals surface area (Å²) in [5, 5.41) is 15.5. The van der Waals surface area contributed by atoms with Crippen molar-refractivity contribution in [3.8, 4) is 17.1 Å². The van der Waals surface area contributed by atoms with Gasteiger partial charge in [-0.1, -0.05) is 17.3 Å². The number of carbonyl (C=O) groups is 2. The maximum Gasteiger partial charge on any atom is 0.279 e. The fraction of sp³-hybridized carbons (Fsp3) is 0.105. The summed E-state index contributed by atoms with van der Waals surface area (Å²) in [5.41, 5.74) is 1.52. The van der Waals surface area contributed by atoms with Gasteiger partial charge in [-0.2, -0.15) is 0 Å². The molecule has 11 heteroatoms. The molecule has 0 saturated carbocycles. The summed E-state index contributed by atoms with van der Waals surface area (Å²) < 4.78 is 8.03. The molecule has 0 fully saturated rings. The molecule has 0 aliphatic rings. The number of nitrogens with zero attached hydrogens (tertiary/aromatic N) is 4. The average molecular weight is 487 g/mol. The summed E-state index contributed by atoms with van der Waals surface area (Å²) in [4.78, 5) is 27.9. The van der Waals surface area contributed by atoms with Crippen LogP contribution in [0.2, 0.25) is 0 Å². The Morgan fingerprint density at radius 1 is 1.23 bits per heavy atom. The van der Waals surface area contributed by atoms with Gasteiger partial charge in [-0.15, -0.1) is 16.4 Å². The first-order valence-electron chi connectivity index (χ1n) is 8.77. The molecule has 2 N–H and O–H groups in total. The third-order valence-corrected chi connectivity index (χ3v) is 5.40. The summed E-state index contributed by atoms with van der Waals surface area (Å²) in [7, 11) is 0. The van der Waals surface area contributed by atoms with E-state index in [1.807, 2.05) is 24.3 Å². The summed E-state index contributed by atoms with van der Waals surface area (Å²) >= 11 is 4.71. The lowest BCUT2D eigenvalue weighted by Gasteiger charge is -2.01. The second-order valence-corrected chi connectivity index (χ2v) is 7.88. The zero-order chi connectivity index (χ0) is 21.1. The first-order chi connectivity index (χ1) is 14.5. The van der Waals surface area contributed by atoms with Gasteiger partial charge in [0.25, 0.3) is 5.91 Å². The number of hydrogen-bond acceptors (Lipinski definition) is 7. The van der Waals surface area contributed by atoms with E-state index >= 15 is 0 Å². The third kappa shape index (κ3) is 4.47. The van der Waals surface area contributed by atoms with Crippen LogP contribution in [0.3, 0.4) is 0 Å². The van der Waals surface area contributed by atoms with Crippen LogP contribution in [-0.4, -0.2) is 31.8 Å². The SMILES string of the molecule is CC(=O)NCc1ccc(-c2csc(NC(=O)c3cn(-c4ccccc4Br)nn3)n2)o1. The lowest BCUT2D eigenvalue weighted by atomic mass is 10.3. The number of halogens is 1. The van der Waals surface area contributed by atoms with Crippen molar-refractivity contribution in [2.24, 2.45) is 0 Å². The topological polar surface area (TPSA) is 115 Å². The highest BCUT2D eigenvalue weighted by atomic mass is 79.9. The minimum Gasteiger partial charge on any atom is -0.458 e. The summed E-state index contributed by atoms with van der Waals surface area (Å²) in [5.74, 6) is 0.609. The third-order valence-electron chi connectivity index (χ3n) is 3.98. The van der Waals surface area contributed by atoms with E-state index < -0.39 is 5.91 Å². The van der Waals surface area contributed by atoms with E-state index in [9.17, 15) is 9.59 Å². The number of aromatic nitrogens is 4. The van der Waals surface area contributed by atoms with E-state index in [0.29, 0.717) is 28.9 Å². The molecule has 0 unspecified atom stereocenters. The fourth-order valence-electron chi connectivity index (χ4n) is 2.55. The Balaban J connectivity index is 1.43. The molecule has 0 bridgehead atoms. The monoisotopic (exact) mass is 486 g/mol. The van der Waals surface area contributed by atoms with Crippen LogP contribution in [0.25, 0.3) is 17.1 Å². The smallest absolute Gasteiger partial charge is 0.279 e. The highest BCUT2D eigenvalue weighted by Gasteiger charge is 2.16. The fourth-order valence-corrected chi connectivity index (χ4v) is 3.71. The number of furan rings is 1. The van der Waals surface area contributed by atoms with Gasteiger partial charge in [0.15, 0.2) is 16.6 Å². The maximum atomic E-state index is 12.5. The van der Waals surface area contributed by atoms with Gasteiger partial charge in [-0.3, -0.25) is 14.9 Å². The van der Waals surface area contributed by atoms with Crippen LogP contribution >= 0.6 is 27.3 Å². The molecule has 4 rings (SSSR count). The van der Waals surface area contributed by atoms with Crippen LogP contribution in [0.15, 0.2) is 56.9 Å². The van der Waals surface area contributed by atoms with Gasteiger partial charge in [0.2, 0.25) is 5.91 Å². The Kier molecular flexibility index (Phi) is 5.72. The lowest BCUT2D eigenvalue weighted by molar-refractivity contribution is -0.119. The zero-order valence-corrected chi connectivity index (χ0v) is 18.0. The molecule has 9 nitrogen and oxygen atoms in total. The Morgan fingerprint density at radius 2 is 2.07 bits per heavy atom. The van der Waals surface area contributed by atoms with Crippen molar-refractivity contribution in [1.82, 2.24) is 25.3 Å². The number of nitrogens with one attached hydrogen (secondary N) is 2. The van der Waals surface area contributed by atoms with Gasteiger partial charge in [0.05, 0.1) is 18.4 Å². The summed E-state index contributed by atoms with van der Waals surface area (Å²) in [6, 6.07) is 11.0. The lowest BCUT2D eigenvalue weighted by Crippen LogP contribution is -2.18. The largest absolute Gasteiger partial charge is 0.458 e. The van der Waals surface area contributed by atoms with Crippen molar-refractivity contribution in [3.05, 3.63) is 63.9 Å². The quantitative estimate of drug-likeness (QED) is 0.429. The summed E-state index contributed by atoms with van der Waals surface area (Å²) in [6.07, 6.45) is 1.55. The Labute approximate surface area is 183 Å².